The maximum atomic E-state index is 15.1. The van der Waals surface area contributed by atoms with Crippen LogP contribution >= 0.6 is 11.6 Å². The highest BCUT2D eigenvalue weighted by Gasteiger charge is 2.27. The molecule has 1 aliphatic heterocycles. The van der Waals surface area contributed by atoms with Crippen molar-refractivity contribution in [3.05, 3.63) is 62.7 Å². The molecule has 0 spiro atoms. The fourth-order valence-corrected chi connectivity index (χ4v) is 4.21. The Morgan fingerprint density at radius 2 is 1.72 bits per heavy atom. The van der Waals surface area contributed by atoms with Gasteiger partial charge in [-0.05, 0) is 19.2 Å². The quantitative estimate of drug-likeness (QED) is 0.576. The van der Waals surface area contributed by atoms with Crippen LogP contribution in [0.15, 0.2) is 29.2 Å². The molecule has 1 fully saturated rings. The summed E-state index contributed by atoms with van der Waals surface area (Å²) in [4.78, 5) is 28.2. The van der Waals surface area contributed by atoms with Gasteiger partial charge in [0.05, 0.1) is 33.0 Å². The Labute approximate surface area is 185 Å². The van der Waals surface area contributed by atoms with Crippen LogP contribution in [0.1, 0.15) is 10.4 Å². The largest absolute Gasteiger partial charge is 0.477 e. The van der Waals surface area contributed by atoms with Crippen molar-refractivity contribution in [2.75, 3.05) is 43.9 Å². The van der Waals surface area contributed by atoms with Crippen LogP contribution in [0.25, 0.3) is 16.6 Å². The van der Waals surface area contributed by atoms with Crippen molar-refractivity contribution in [1.82, 2.24) is 9.47 Å². The zero-order valence-corrected chi connectivity index (χ0v) is 17.6. The van der Waals surface area contributed by atoms with Gasteiger partial charge in [0.15, 0.2) is 0 Å². The second-order valence-electron chi connectivity index (χ2n) is 7.58. The number of carboxylic acids is 1. The summed E-state index contributed by atoms with van der Waals surface area (Å²) in [6.07, 6.45) is 0.875. The van der Waals surface area contributed by atoms with Crippen LogP contribution in [0.2, 0.25) is 5.02 Å². The van der Waals surface area contributed by atoms with E-state index in [1.54, 1.807) is 4.90 Å². The number of pyridine rings is 1. The lowest BCUT2D eigenvalue weighted by Crippen LogP contribution is -2.45. The Kier molecular flexibility index (Phi) is 5.51. The lowest BCUT2D eigenvalue weighted by Gasteiger charge is -2.35. The molecule has 0 amide bonds. The second kappa shape index (κ2) is 8.03. The van der Waals surface area contributed by atoms with Crippen LogP contribution in [0, 0.1) is 17.5 Å². The highest BCUT2D eigenvalue weighted by molar-refractivity contribution is 6.38. The van der Waals surface area contributed by atoms with Crippen LogP contribution in [0.4, 0.5) is 24.5 Å². The standard InChI is InChI=1S/C21H18ClF3N4O3/c1-27-2-4-28(5-3-27)19-14(25)6-10-18(17(19)22)29(9-11(20(10)30)21(31)32)16-8-15(26)12(23)7-13(16)24/h6-9H,2-5,26H2,1H3,(H,31,32). The van der Waals surface area contributed by atoms with Crippen LogP contribution in [0.5, 0.6) is 0 Å². The predicted molar refractivity (Wildman–Crippen MR) is 116 cm³/mol. The van der Waals surface area contributed by atoms with Gasteiger partial charge in [0.1, 0.15) is 23.0 Å². The summed E-state index contributed by atoms with van der Waals surface area (Å²) in [5, 5.41) is 8.91. The summed E-state index contributed by atoms with van der Waals surface area (Å²) in [7, 11) is 1.92. The van der Waals surface area contributed by atoms with Gasteiger partial charge in [-0.1, -0.05) is 11.6 Å². The number of halogens is 4. The minimum Gasteiger partial charge on any atom is -0.477 e. The number of rotatable bonds is 3. The van der Waals surface area contributed by atoms with E-state index in [-0.39, 0.29) is 27.3 Å². The number of likely N-dealkylation sites (N-methyl/N-ethyl adjacent to an activating group) is 1. The summed E-state index contributed by atoms with van der Waals surface area (Å²) in [6, 6.07) is 2.38. The van der Waals surface area contributed by atoms with Crippen LogP contribution in [0.3, 0.4) is 0 Å². The molecule has 1 saturated heterocycles. The SMILES string of the molecule is CN1CCN(c2c(F)cc3c(=O)c(C(=O)O)cn(-c4cc(N)c(F)cc4F)c3c2Cl)CC1. The number of anilines is 2. The average Bonchev–Trinajstić information content (AvgIpc) is 2.72. The molecule has 168 valence electrons. The number of aromatic carboxylic acids is 1. The Bertz CT molecular complexity index is 1320. The summed E-state index contributed by atoms with van der Waals surface area (Å²) < 4.78 is 44.6. The third kappa shape index (κ3) is 3.55. The number of nitrogen functional groups attached to an aromatic ring is 1. The highest BCUT2D eigenvalue weighted by Crippen LogP contribution is 2.37. The zero-order valence-electron chi connectivity index (χ0n) is 16.8. The second-order valence-corrected chi connectivity index (χ2v) is 7.96. The van der Waals surface area contributed by atoms with Gasteiger partial charge in [-0.15, -0.1) is 0 Å². The van der Waals surface area contributed by atoms with Gasteiger partial charge < -0.3 is 25.2 Å². The molecular weight excluding hydrogens is 449 g/mol. The minimum absolute atomic E-state index is 0.0129. The molecule has 7 nitrogen and oxygen atoms in total. The van der Waals surface area contributed by atoms with Crippen LogP contribution in [-0.2, 0) is 0 Å². The van der Waals surface area contributed by atoms with Gasteiger partial charge in [0, 0.05) is 38.4 Å². The number of carboxylic acid groups (broad SMARTS) is 1. The van der Waals surface area contributed by atoms with Gasteiger partial charge in [0.25, 0.3) is 0 Å². The Morgan fingerprint density at radius 1 is 1.06 bits per heavy atom. The number of nitrogens with two attached hydrogens (primary N) is 1. The van der Waals surface area contributed by atoms with E-state index in [2.05, 4.69) is 4.90 Å². The van der Waals surface area contributed by atoms with E-state index in [4.69, 9.17) is 17.3 Å². The fraction of sp³-hybridized carbons (Fsp3) is 0.238. The molecule has 2 heterocycles. The van der Waals surface area contributed by atoms with Crippen molar-refractivity contribution in [3.8, 4) is 5.69 Å². The van der Waals surface area contributed by atoms with Crippen LogP contribution in [-0.4, -0.2) is 53.8 Å². The summed E-state index contributed by atoms with van der Waals surface area (Å²) in [5.41, 5.74) is 3.03. The summed E-state index contributed by atoms with van der Waals surface area (Å²) in [6.45, 7) is 2.19. The molecule has 11 heteroatoms. The van der Waals surface area contributed by atoms with Crippen molar-refractivity contribution in [2.45, 2.75) is 0 Å². The summed E-state index contributed by atoms with van der Waals surface area (Å²) >= 11 is 6.57. The van der Waals surface area contributed by atoms with Gasteiger partial charge in [-0.25, -0.2) is 18.0 Å². The van der Waals surface area contributed by atoms with Gasteiger partial charge in [0.2, 0.25) is 5.43 Å². The van der Waals surface area contributed by atoms with Gasteiger partial charge in [-0.3, -0.25) is 4.79 Å². The molecule has 3 aromatic rings. The lowest BCUT2D eigenvalue weighted by molar-refractivity contribution is 0.0695. The maximum Gasteiger partial charge on any atom is 0.341 e. The van der Waals surface area contributed by atoms with Gasteiger partial charge in [-0.2, -0.15) is 0 Å². The number of hydrogen-bond acceptors (Lipinski definition) is 5. The molecule has 1 aliphatic rings. The number of fused-ring (bicyclic) bond motifs is 1. The lowest BCUT2D eigenvalue weighted by atomic mass is 10.1. The number of nitrogens with zero attached hydrogens (tertiary/aromatic N) is 3. The third-order valence-corrected chi connectivity index (χ3v) is 5.89. The van der Waals surface area contributed by atoms with Crippen molar-refractivity contribution in [2.24, 2.45) is 0 Å². The number of carbonyl (C=O) groups is 1. The van der Waals surface area contributed by atoms with Crippen molar-refractivity contribution in [3.63, 3.8) is 0 Å². The van der Waals surface area contributed by atoms with Crippen molar-refractivity contribution in [1.29, 1.82) is 0 Å². The molecule has 0 unspecified atom stereocenters. The number of hydrogen-bond donors (Lipinski definition) is 2. The van der Waals surface area contributed by atoms with Crippen molar-refractivity contribution >= 4 is 39.8 Å². The first-order chi connectivity index (χ1) is 15.1. The van der Waals surface area contributed by atoms with Crippen LogP contribution < -0.4 is 16.1 Å². The maximum absolute atomic E-state index is 15.1. The molecule has 0 saturated carbocycles. The van der Waals surface area contributed by atoms with Crippen molar-refractivity contribution < 1.29 is 23.1 Å². The Morgan fingerprint density at radius 3 is 2.34 bits per heavy atom. The first kappa shape index (κ1) is 22.0. The third-order valence-electron chi connectivity index (χ3n) is 5.53. The average molecular weight is 467 g/mol. The molecule has 2 aromatic carbocycles. The minimum atomic E-state index is -1.60. The number of piperazine rings is 1. The topological polar surface area (TPSA) is 91.8 Å². The number of aromatic nitrogens is 1. The van der Waals surface area contributed by atoms with E-state index in [1.807, 2.05) is 7.05 Å². The Balaban J connectivity index is 2.09. The molecule has 4 rings (SSSR count). The van der Waals surface area contributed by atoms with E-state index in [1.165, 1.54) is 0 Å². The zero-order chi connectivity index (χ0) is 23.3. The monoisotopic (exact) mass is 466 g/mol. The number of benzene rings is 2. The van der Waals surface area contributed by atoms with E-state index >= 15 is 4.39 Å². The van der Waals surface area contributed by atoms with E-state index in [0.717, 1.165) is 22.9 Å². The van der Waals surface area contributed by atoms with E-state index in [9.17, 15) is 23.5 Å². The molecule has 0 atom stereocenters. The molecule has 0 aliphatic carbocycles. The summed E-state index contributed by atoms with van der Waals surface area (Å²) in [5.74, 6) is -4.48. The normalized spacial score (nSPS) is 14.8. The first-order valence-electron chi connectivity index (χ1n) is 9.59. The first-order valence-corrected chi connectivity index (χ1v) is 9.97. The molecule has 1 aromatic heterocycles. The molecular formula is C21H18ClF3N4O3. The predicted octanol–water partition coefficient (Wildman–Crippen LogP) is 3.09. The van der Waals surface area contributed by atoms with Gasteiger partial charge >= 0.3 is 5.97 Å². The molecule has 0 bridgehead atoms. The van der Waals surface area contributed by atoms with E-state index < -0.39 is 40.1 Å². The Hall–Kier alpha value is -3.24. The van der Waals surface area contributed by atoms with E-state index in [0.29, 0.717) is 32.2 Å². The molecule has 32 heavy (non-hydrogen) atoms. The molecule has 3 N–H and O–H groups in total. The highest BCUT2D eigenvalue weighted by atomic mass is 35.5. The molecule has 0 radical (unpaired) electrons. The fourth-order valence-electron chi connectivity index (χ4n) is 3.81. The smallest absolute Gasteiger partial charge is 0.341 e.